The summed E-state index contributed by atoms with van der Waals surface area (Å²) < 4.78 is 32.2. The summed E-state index contributed by atoms with van der Waals surface area (Å²) in [5.74, 6) is -1.37. The highest BCUT2D eigenvalue weighted by Gasteiger charge is 2.30. The van der Waals surface area contributed by atoms with Crippen LogP contribution in [0.15, 0.2) is 52.6 Å². The summed E-state index contributed by atoms with van der Waals surface area (Å²) in [7, 11) is 0.264. The zero-order valence-electron chi connectivity index (χ0n) is 16.2. The summed E-state index contributed by atoms with van der Waals surface area (Å²) in [6.07, 6.45) is 4.66. The number of esters is 1. The normalized spacial score (nSPS) is 17.0. The number of nitrogens with zero attached hydrogens (tertiary/aromatic N) is 3. The van der Waals surface area contributed by atoms with E-state index in [1.165, 1.54) is 6.08 Å². The Morgan fingerprint density at radius 1 is 1.24 bits per heavy atom. The molecule has 2 aliphatic heterocycles. The number of carbonyl (C=O) groups excluding carboxylic acids is 2. The van der Waals surface area contributed by atoms with Crippen LogP contribution in [0.4, 0.5) is 5.69 Å². The fraction of sp³-hybridized carbons (Fsp3) is 0.316. The molecule has 0 unspecified atom stereocenters. The minimum atomic E-state index is -3.62. The first-order chi connectivity index (χ1) is 13.7. The van der Waals surface area contributed by atoms with Gasteiger partial charge in [-0.1, -0.05) is 12.1 Å². The lowest BCUT2D eigenvalue weighted by Gasteiger charge is -2.28. The molecule has 9 nitrogen and oxygen atoms in total. The Morgan fingerprint density at radius 2 is 1.97 bits per heavy atom. The number of amides is 1. The number of benzene rings is 1. The average molecular weight is 418 g/mol. The number of hydrogen-bond donors (Lipinski definition) is 1. The Balaban J connectivity index is 1.53. The van der Waals surface area contributed by atoms with Crippen molar-refractivity contribution in [3.8, 4) is 0 Å². The molecule has 0 atom stereocenters. The molecule has 0 aromatic heterocycles. The highest BCUT2D eigenvalue weighted by Crippen LogP contribution is 2.18. The lowest BCUT2D eigenvalue weighted by atomic mass is 10.1. The molecule has 2 aliphatic rings. The van der Waals surface area contributed by atoms with Gasteiger partial charge in [-0.3, -0.25) is 4.79 Å². The van der Waals surface area contributed by atoms with Crippen molar-refractivity contribution in [2.75, 3.05) is 37.9 Å². The monoisotopic (exact) mass is 418 g/mol. The molecule has 1 amide bonds. The number of nitrogens with one attached hydrogen (secondary N) is 1. The Kier molecular flexibility index (Phi) is 6.02. The predicted octanol–water partition coefficient (Wildman–Crippen LogP) is 0.410. The molecule has 2 heterocycles. The number of ether oxygens (including phenoxy) is 1. The standard InChI is InChI=1S/C19H22N4O5S/c1-22(2)15-7-5-14(6-8-15)12-20-17(24)13-28-19(25)16-4-3-9-23-10-11-29(26,27)21-18(16)23/h3-9H,10-13H2,1-2H3,(H,20,24). The van der Waals surface area contributed by atoms with E-state index >= 15 is 0 Å². The third-order valence-corrected chi connectivity index (χ3v) is 5.50. The fourth-order valence-electron chi connectivity index (χ4n) is 2.75. The van der Waals surface area contributed by atoms with Gasteiger partial charge in [0.25, 0.3) is 15.9 Å². The summed E-state index contributed by atoms with van der Waals surface area (Å²) in [5.41, 5.74) is 1.96. The Labute approximate surface area is 169 Å². The molecule has 1 aromatic carbocycles. The number of anilines is 1. The van der Waals surface area contributed by atoms with Crippen LogP contribution in [0.2, 0.25) is 0 Å². The van der Waals surface area contributed by atoms with Gasteiger partial charge in [0.2, 0.25) is 0 Å². The molecule has 0 saturated heterocycles. The number of hydrogen-bond acceptors (Lipinski definition) is 7. The van der Waals surface area contributed by atoms with Crippen LogP contribution in [0.25, 0.3) is 0 Å². The summed E-state index contributed by atoms with van der Waals surface area (Å²) in [6.45, 7) is 0.0271. The summed E-state index contributed by atoms with van der Waals surface area (Å²) in [5, 5.41) is 2.68. The Hall–Kier alpha value is -3.14. The van der Waals surface area contributed by atoms with E-state index in [0.29, 0.717) is 6.54 Å². The fourth-order valence-corrected chi connectivity index (χ4v) is 3.73. The SMILES string of the molecule is CN(C)c1ccc(CNC(=O)COC(=O)C2=CC=CN3CCS(=O)(=O)N=C23)cc1. The molecule has 1 N–H and O–H groups in total. The molecule has 0 bridgehead atoms. The number of fused-ring (bicyclic) bond motifs is 1. The van der Waals surface area contributed by atoms with E-state index in [0.717, 1.165) is 11.3 Å². The maximum atomic E-state index is 12.3. The van der Waals surface area contributed by atoms with Gasteiger partial charge >= 0.3 is 5.97 Å². The Bertz CT molecular complexity index is 994. The second-order valence-electron chi connectivity index (χ2n) is 6.73. The van der Waals surface area contributed by atoms with Crippen LogP contribution in [-0.2, 0) is 30.9 Å². The molecule has 3 rings (SSSR count). The van der Waals surface area contributed by atoms with Gasteiger partial charge in [-0.15, -0.1) is 4.40 Å². The smallest absolute Gasteiger partial charge is 0.342 e. The number of allylic oxidation sites excluding steroid dienone is 2. The van der Waals surface area contributed by atoms with E-state index in [-0.39, 0.29) is 23.7 Å². The van der Waals surface area contributed by atoms with E-state index in [1.54, 1.807) is 17.2 Å². The number of rotatable bonds is 6. The van der Waals surface area contributed by atoms with Gasteiger partial charge in [0.15, 0.2) is 12.4 Å². The number of carbonyl (C=O) groups is 2. The quantitative estimate of drug-likeness (QED) is 0.667. The minimum absolute atomic E-state index is 0.00264. The summed E-state index contributed by atoms with van der Waals surface area (Å²) >= 11 is 0. The van der Waals surface area contributed by atoms with Crippen molar-refractivity contribution >= 4 is 33.4 Å². The minimum Gasteiger partial charge on any atom is -0.452 e. The van der Waals surface area contributed by atoms with E-state index in [1.807, 2.05) is 43.3 Å². The molecule has 154 valence electrons. The molecule has 0 aliphatic carbocycles. The largest absolute Gasteiger partial charge is 0.452 e. The predicted molar refractivity (Wildman–Crippen MR) is 109 cm³/mol. The van der Waals surface area contributed by atoms with E-state index in [9.17, 15) is 18.0 Å². The highest BCUT2D eigenvalue weighted by atomic mass is 32.2. The van der Waals surface area contributed by atoms with Gasteiger partial charge in [-0.25, -0.2) is 13.2 Å². The zero-order chi connectivity index (χ0) is 21.0. The van der Waals surface area contributed by atoms with Gasteiger partial charge in [0.05, 0.1) is 5.75 Å². The van der Waals surface area contributed by atoms with Crippen LogP contribution < -0.4 is 10.2 Å². The maximum absolute atomic E-state index is 12.3. The van der Waals surface area contributed by atoms with Crippen LogP contribution in [0.3, 0.4) is 0 Å². The number of amidine groups is 1. The molecular weight excluding hydrogens is 396 g/mol. The highest BCUT2D eigenvalue weighted by molar-refractivity contribution is 7.90. The van der Waals surface area contributed by atoms with Gasteiger partial charge < -0.3 is 19.9 Å². The van der Waals surface area contributed by atoms with Crippen molar-refractivity contribution in [3.63, 3.8) is 0 Å². The molecule has 0 fully saturated rings. The summed E-state index contributed by atoms with van der Waals surface area (Å²) in [6, 6.07) is 7.68. The lowest BCUT2D eigenvalue weighted by Crippen LogP contribution is -2.40. The van der Waals surface area contributed by atoms with Crippen LogP contribution in [0.1, 0.15) is 5.56 Å². The van der Waals surface area contributed by atoms with Crippen LogP contribution in [0, 0.1) is 0 Å². The molecule has 10 heteroatoms. The van der Waals surface area contributed by atoms with Gasteiger partial charge in [0, 0.05) is 39.1 Å². The van der Waals surface area contributed by atoms with Gasteiger partial charge in [-0.05, 0) is 29.8 Å². The zero-order valence-corrected chi connectivity index (χ0v) is 17.0. The second kappa shape index (κ2) is 8.48. The van der Waals surface area contributed by atoms with Crippen molar-refractivity contribution in [1.29, 1.82) is 0 Å². The van der Waals surface area contributed by atoms with Crippen molar-refractivity contribution in [3.05, 3.63) is 53.8 Å². The first kappa shape index (κ1) is 20.6. The van der Waals surface area contributed by atoms with Crippen molar-refractivity contribution in [1.82, 2.24) is 10.2 Å². The average Bonchev–Trinajstić information content (AvgIpc) is 2.69. The first-order valence-electron chi connectivity index (χ1n) is 8.93. The van der Waals surface area contributed by atoms with Crippen LogP contribution in [-0.4, -0.2) is 64.0 Å². The lowest BCUT2D eigenvalue weighted by molar-refractivity contribution is -0.144. The number of sulfonamides is 1. The molecule has 0 radical (unpaired) electrons. The van der Waals surface area contributed by atoms with Crippen LogP contribution >= 0.6 is 0 Å². The molecule has 0 spiro atoms. The third kappa shape index (κ3) is 5.23. The van der Waals surface area contributed by atoms with Gasteiger partial charge in [0.1, 0.15) is 5.57 Å². The third-order valence-electron chi connectivity index (χ3n) is 4.35. The van der Waals surface area contributed by atoms with E-state index in [4.69, 9.17) is 4.74 Å². The molecule has 1 aromatic rings. The van der Waals surface area contributed by atoms with E-state index < -0.39 is 28.5 Å². The summed E-state index contributed by atoms with van der Waals surface area (Å²) in [4.78, 5) is 27.9. The second-order valence-corrected chi connectivity index (χ2v) is 8.48. The van der Waals surface area contributed by atoms with E-state index in [2.05, 4.69) is 9.71 Å². The van der Waals surface area contributed by atoms with Crippen LogP contribution in [0.5, 0.6) is 0 Å². The first-order valence-corrected chi connectivity index (χ1v) is 10.5. The van der Waals surface area contributed by atoms with Crippen molar-refractivity contribution in [2.45, 2.75) is 6.54 Å². The molecule has 0 saturated carbocycles. The maximum Gasteiger partial charge on any atom is 0.342 e. The van der Waals surface area contributed by atoms with Crippen molar-refractivity contribution in [2.24, 2.45) is 4.40 Å². The molecular formula is C19H22N4O5S. The Morgan fingerprint density at radius 3 is 2.66 bits per heavy atom. The topological polar surface area (TPSA) is 108 Å². The van der Waals surface area contributed by atoms with Gasteiger partial charge in [-0.2, -0.15) is 0 Å². The molecule has 29 heavy (non-hydrogen) atoms. The van der Waals surface area contributed by atoms with Crippen molar-refractivity contribution < 1.29 is 22.7 Å².